The normalized spacial score (nSPS) is 15.2. The standard InChI is InChI=1S/C19H17F3N6OS/c1-13-5-6-15(14(12-29)10-23-9-7-19(20,21)22)27-28(13)11-17-25-26-18(30-17)16-4-2-3-8-24-16/h2-6,8,10,12,29H,1,7,9,11H2/b14-12+,23-10-. The molecule has 2 aromatic heterocycles. The Hall–Kier alpha value is -3.34. The van der Waals surface area contributed by atoms with E-state index in [-0.39, 0.29) is 12.1 Å². The van der Waals surface area contributed by atoms with Gasteiger partial charge in [0, 0.05) is 19.0 Å². The number of pyridine rings is 1. The molecule has 0 unspecified atom stereocenters. The molecule has 0 saturated carbocycles. The first-order valence-corrected chi connectivity index (χ1v) is 9.55. The number of rotatable bonds is 7. The summed E-state index contributed by atoms with van der Waals surface area (Å²) >= 11 is 1.36. The third kappa shape index (κ3) is 5.83. The van der Waals surface area contributed by atoms with Gasteiger partial charge >= 0.3 is 6.18 Å². The molecule has 0 aromatic carbocycles. The first kappa shape index (κ1) is 21.4. The molecule has 1 aliphatic heterocycles. The van der Waals surface area contributed by atoms with Crippen molar-refractivity contribution in [3.05, 3.63) is 65.7 Å². The van der Waals surface area contributed by atoms with Gasteiger partial charge in [0.1, 0.15) is 10.7 Å². The van der Waals surface area contributed by atoms with Gasteiger partial charge in [-0.25, -0.2) is 0 Å². The van der Waals surface area contributed by atoms with Crippen molar-refractivity contribution in [2.24, 2.45) is 10.1 Å². The van der Waals surface area contributed by atoms with Gasteiger partial charge in [-0.15, -0.1) is 10.2 Å². The Morgan fingerprint density at radius 1 is 1.27 bits per heavy atom. The van der Waals surface area contributed by atoms with Crippen LogP contribution in [0.25, 0.3) is 10.7 Å². The van der Waals surface area contributed by atoms with Crippen molar-refractivity contribution in [3.8, 4) is 10.7 Å². The van der Waals surface area contributed by atoms with E-state index in [1.54, 1.807) is 23.4 Å². The van der Waals surface area contributed by atoms with Crippen LogP contribution in [0.1, 0.15) is 11.4 Å². The molecule has 1 aliphatic rings. The predicted molar refractivity (Wildman–Crippen MR) is 109 cm³/mol. The topological polar surface area (TPSA) is 86.9 Å². The van der Waals surface area contributed by atoms with Crippen molar-refractivity contribution in [1.82, 2.24) is 20.2 Å². The van der Waals surface area contributed by atoms with Crippen molar-refractivity contribution >= 4 is 23.3 Å². The van der Waals surface area contributed by atoms with Crippen LogP contribution in [0.5, 0.6) is 0 Å². The fourth-order valence-corrected chi connectivity index (χ4v) is 3.14. The number of allylic oxidation sites excluding steroid dienone is 3. The van der Waals surface area contributed by atoms with Crippen LogP contribution in [0.3, 0.4) is 0 Å². The molecule has 0 radical (unpaired) electrons. The lowest BCUT2D eigenvalue weighted by Gasteiger charge is -2.22. The molecular formula is C19H17F3N6OS. The Morgan fingerprint density at radius 3 is 2.80 bits per heavy atom. The summed E-state index contributed by atoms with van der Waals surface area (Å²) in [4.78, 5) is 7.95. The van der Waals surface area contributed by atoms with Crippen LogP contribution in [0.15, 0.2) is 70.8 Å². The van der Waals surface area contributed by atoms with Gasteiger partial charge in [0.15, 0.2) is 5.01 Å². The van der Waals surface area contributed by atoms with Crippen molar-refractivity contribution in [2.75, 3.05) is 6.54 Å². The smallest absolute Gasteiger partial charge is 0.390 e. The second-order valence-corrected chi connectivity index (χ2v) is 7.13. The van der Waals surface area contributed by atoms with Crippen LogP contribution in [0.2, 0.25) is 0 Å². The van der Waals surface area contributed by atoms with E-state index in [9.17, 15) is 18.3 Å². The molecular weight excluding hydrogens is 417 g/mol. The Morgan fingerprint density at radius 2 is 2.10 bits per heavy atom. The van der Waals surface area contributed by atoms with Gasteiger partial charge in [0.05, 0.1) is 36.2 Å². The first-order valence-electron chi connectivity index (χ1n) is 8.74. The van der Waals surface area contributed by atoms with Crippen molar-refractivity contribution < 1.29 is 18.3 Å². The SMILES string of the molecule is C=C1C=CC(C(/C=N\CCC(F)(F)F)=C/O)=NN1Cc1nnc(-c2ccccn2)s1. The fraction of sp³-hybridized carbons (Fsp3) is 0.211. The van der Waals surface area contributed by atoms with Gasteiger partial charge in [-0.2, -0.15) is 18.3 Å². The molecule has 3 rings (SSSR count). The number of hydrogen-bond donors (Lipinski definition) is 1. The number of halogens is 3. The molecule has 3 heterocycles. The van der Waals surface area contributed by atoms with Crippen molar-refractivity contribution in [2.45, 2.75) is 19.1 Å². The molecule has 0 bridgehead atoms. The van der Waals surface area contributed by atoms with Crippen LogP contribution < -0.4 is 0 Å². The van der Waals surface area contributed by atoms with E-state index in [4.69, 9.17) is 0 Å². The average molecular weight is 434 g/mol. The largest absolute Gasteiger partial charge is 0.515 e. The number of nitrogens with zero attached hydrogens (tertiary/aromatic N) is 6. The van der Waals surface area contributed by atoms with Crippen LogP contribution in [-0.2, 0) is 6.54 Å². The van der Waals surface area contributed by atoms with Gasteiger partial charge in [-0.05, 0) is 24.3 Å². The summed E-state index contributed by atoms with van der Waals surface area (Å²) in [6.45, 7) is 3.76. The summed E-state index contributed by atoms with van der Waals surface area (Å²) in [5.41, 5.74) is 1.80. The van der Waals surface area contributed by atoms with Gasteiger partial charge in [0.2, 0.25) is 0 Å². The lowest BCUT2D eigenvalue weighted by atomic mass is 10.1. The van der Waals surface area contributed by atoms with E-state index < -0.39 is 19.1 Å². The number of aliphatic hydroxyl groups excluding tert-OH is 1. The first-order chi connectivity index (χ1) is 14.4. The summed E-state index contributed by atoms with van der Waals surface area (Å²) in [7, 11) is 0. The van der Waals surface area contributed by atoms with Crippen LogP contribution >= 0.6 is 11.3 Å². The van der Waals surface area contributed by atoms with E-state index in [1.165, 1.54) is 11.3 Å². The number of aromatic nitrogens is 3. The molecule has 0 amide bonds. The summed E-state index contributed by atoms with van der Waals surface area (Å²) in [6, 6.07) is 5.50. The molecule has 0 spiro atoms. The Kier molecular flexibility index (Phi) is 6.72. The van der Waals surface area contributed by atoms with E-state index in [2.05, 4.69) is 31.9 Å². The van der Waals surface area contributed by atoms with Crippen LogP contribution in [0, 0.1) is 0 Å². The van der Waals surface area contributed by atoms with E-state index >= 15 is 0 Å². The molecule has 0 aliphatic carbocycles. The highest BCUT2D eigenvalue weighted by atomic mass is 32.1. The highest BCUT2D eigenvalue weighted by molar-refractivity contribution is 7.14. The molecule has 30 heavy (non-hydrogen) atoms. The third-order valence-electron chi connectivity index (χ3n) is 3.82. The summed E-state index contributed by atoms with van der Waals surface area (Å²) in [5, 5.41) is 25.0. The third-order valence-corrected chi connectivity index (χ3v) is 4.75. The monoisotopic (exact) mass is 434 g/mol. The number of aliphatic hydroxyl groups is 1. The fourth-order valence-electron chi connectivity index (χ4n) is 2.34. The Labute approximate surface area is 174 Å². The highest BCUT2D eigenvalue weighted by Gasteiger charge is 2.26. The maximum atomic E-state index is 12.2. The number of hydrazone groups is 1. The molecule has 0 saturated heterocycles. The van der Waals surface area contributed by atoms with Gasteiger partial charge in [0.25, 0.3) is 0 Å². The number of aliphatic imine (C=N–C) groups is 1. The Bertz CT molecular complexity index is 1010. The molecule has 7 nitrogen and oxygen atoms in total. The second kappa shape index (κ2) is 9.44. The number of hydrogen-bond acceptors (Lipinski definition) is 8. The molecule has 0 fully saturated rings. The van der Waals surface area contributed by atoms with Crippen LogP contribution in [-0.4, -0.2) is 49.9 Å². The zero-order chi connectivity index (χ0) is 21.6. The number of alkyl halides is 3. The minimum Gasteiger partial charge on any atom is -0.515 e. The predicted octanol–water partition coefficient (Wildman–Crippen LogP) is 4.31. The zero-order valence-electron chi connectivity index (χ0n) is 15.6. The van der Waals surface area contributed by atoms with E-state index in [0.29, 0.717) is 27.1 Å². The van der Waals surface area contributed by atoms with E-state index in [1.807, 2.05) is 18.2 Å². The summed E-state index contributed by atoms with van der Waals surface area (Å²) in [5.74, 6) is 0. The maximum absolute atomic E-state index is 12.2. The quantitative estimate of drug-likeness (QED) is 0.518. The van der Waals surface area contributed by atoms with Crippen LogP contribution in [0.4, 0.5) is 13.2 Å². The lowest BCUT2D eigenvalue weighted by Crippen LogP contribution is -2.21. The van der Waals surface area contributed by atoms with Gasteiger partial charge < -0.3 is 5.11 Å². The molecule has 156 valence electrons. The Balaban J connectivity index is 1.70. The lowest BCUT2D eigenvalue weighted by molar-refractivity contribution is -0.132. The van der Waals surface area contributed by atoms with E-state index in [0.717, 1.165) is 12.5 Å². The second-order valence-electron chi connectivity index (χ2n) is 6.07. The maximum Gasteiger partial charge on any atom is 0.390 e. The summed E-state index contributed by atoms with van der Waals surface area (Å²) < 4.78 is 36.7. The average Bonchev–Trinajstić information content (AvgIpc) is 3.18. The zero-order valence-corrected chi connectivity index (χ0v) is 16.4. The molecule has 1 N–H and O–H groups in total. The molecule has 2 aromatic rings. The van der Waals surface area contributed by atoms with Gasteiger partial charge in [-0.1, -0.05) is 24.0 Å². The minimum absolute atomic E-state index is 0.178. The van der Waals surface area contributed by atoms with Crippen molar-refractivity contribution in [1.29, 1.82) is 0 Å². The molecule has 11 heteroatoms. The minimum atomic E-state index is -4.28. The van der Waals surface area contributed by atoms with Crippen molar-refractivity contribution in [3.63, 3.8) is 0 Å². The highest BCUT2D eigenvalue weighted by Crippen LogP contribution is 2.24. The van der Waals surface area contributed by atoms with Gasteiger partial charge in [-0.3, -0.25) is 15.0 Å². The molecule has 0 atom stereocenters. The summed E-state index contributed by atoms with van der Waals surface area (Å²) in [6.07, 6.45) is 1.52.